The molecule has 3 rings (SSSR count). The summed E-state index contributed by atoms with van der Waals surface area (Å²) in [7, 11) is -1.11. The fourth-order valence-electron chi connectivity index (χ4n) is 2.79. The molecule has 0 unspecified atom stereocenters. The van der Waals surface area contributed by atoms with Gasteiger partial charge in [0.15, 0.2) is 11.5 Å². The van der Waals surface area contributed by atoms with E-state index in [1.807, 2.05) is 0 Å². The van der Waals surface area contributed by atoms with Gasteiger partial charge in [0, 0.05) is 11.1 Å². The molecule has 33 heavy (non-hydrogen) atoms. The lowest BCUT2D eigenvalue weighted by Gasteiger charge is -2.12. The number of ether oxygens (including phenoxy) is 2. The number of carbonyl (C=O) groups is 2. The van der Waals surface area contributed by atoms with Crippen molar-refractivity contribution in [1.82, 2.24) is 10.9 Å². The SMILES string of the molecule is COc1ccc(C(=O)NNC(=O)c2cccc(S(=O)(=O)Nc3ccccc3Cl)c2)cc1OC. The van der Waals surface area contributed by atoms with Crippen LogP contribution in [0, 0.1) is 0 Å². The molecule has 0 aliphatic heterocycles. The Morgan fingerprint density at radius 1 is 0.788 bits per heavy atom. The van der Waals surface area contributed by atoms with Gasteiger partial charge in [0.1, 0.15) is 0 Å². The molecule has 0 aliphatic carbocycles. The minimum absolute atomic E-state index is 0.0182. The molecule has 0 saturated heterocycles. The Morgan fingerprint density at radius 2 is 1.42 bits per heavy atom. The Morgan fingerprint density at radius 3 is 2.06 bits per heavy atom. The molecular weight excluding hydrogens is 470 g/mol. The lowest BCUT2D eigenvalue weighted by atomic mass is 10.2. The van der Waals surface area contributed by atoms with Gasteiger partial charge in [-0.3, -0.25) is 25.2 Å². The minimum atomic E-state index is -4.01. The summed E-state index contributed by atoms with van der Waals surface area (Å²) in [5, 5.41) is 0.229. The number of benzene rings is 3. The predicted molar refractivity (Wildman–Crippen MR) is 123 cm³/mol. The molecule has 0 fully saturated rings. The molecule has 11 heteroatoms. The number of para-hydroxylation sites is 1. The highest BCUT2D eigenvalue weighted by Gasteiger charge is 2.18. The first-order valence-corrected chi connectivity index (χ1v) is 11.3. The zero-order valence-corrected chi connectivity index (χ0v) is 19.2. The second-order valence-corrected chi connectivity index (χ2v) is 8.68. The van der Waals surface area contributed by atoms with Crippen molar-refractivity contribution in [2.45, 2.75) is 4.90 Å². The van der Waals surface area contributed by atoms with Crippen molar-refractivity contribution in [3.05, 3.63) is 82.9 Å². The average molecular weight is 490 g/mol. The van der Waals surface area contributed by atoms with Crippen LogP contribution < -0.4 is 25.0 Å². The maximum atomic E-state index is 12.7. The number of sulfonamides is 1. The number of nitrogens with one attached hydrogen (secondary N) is 3. The third kappa shape index (κ3) is 5.73. The van der Waals surface area contributed by atoms with Crippen molar-refractivity contribution in [2.24, 2.45) is 0 Å². The number of methoxy groups -OCH3 is 2. The Hall–Kier alpha value is -3.76. The van der Waals surface area contributed by atoms with Gasteiger partial charge in [-0.25, -0.2) is 8.42 Å². The van der Waals surface area contributed by atoms with Gasteiger partial charge in [0.2, 0.25) is 0 Å². The maximum Gasteiger partial charge on any atom is 0.269 e. The van der Waals surface area contributed by atoms with Crippen LogP contribution in [-0.4, -0.2) is 34.5 Å². The van der Waals surface area contributed by atoms with Gasteiger partial charge < -0.3 is 9.47 Å². The van der Waals surface area contributed by atoms with Gasteiger partial charge in [-0.05, 0) is 48.5 Å². The number of anilines is 1. The van der Waals surface area contributed by atoms with Crippen LogP contribution in [0.1, 0.15) is 20.7 Å². The van der Waals surface area contributed by atoms with Crippen molar-refractivity contribution in [1.29, 1.82) is 0 Å². The Labute approximate surface area is 195 Å². The molecule has 9 nitrogen and oxygen atoms in total. The van der Waals surface area contributed by atoms with Gasteiger partial charge in [-0.1, -0.05) is 29.8 Å². The fourth-order valence-corrected chi connectivity index (χ4v) is 4.15. The van der Waals surface area contributed by atoms with Crippen LogP contribution in [0.5, 0.6) is 11.5 Å². The van der Waals surface area contributed by atoms with E-state index in [0.29, 0.717) is 11.5 Å². The van der Waals surface area contributed by atoms with Crippen LogP contribution >= 0.6 is 11.6 Å². The molecule has 0 radical (unpaired) electrons. The minimum Gasteiger partial charge on any atom is -0.493 e. The quantitative estimate of drug-likeness (QED) is 0.438. The van der Waals surface area contributed by atoms with E-state index >= 15 is 0 Å². The molecule has 0 atom stereocenters. The monoisotopic (exact) mass is 489 g/mol. The third-order valence-electron chi connectivity index (χ3n) is 4.46. The first-order chi connectivity index (χ1) is 15.7. The zero-order valence-electron chi connectivity index (χ0n) is 17.6. The van der Waals surface area contributed by atoms with Crippen molar-refractivity contribution in [3.63, 3.8) is 0 Å². The summed E-state index contributed by atoms with van der Waals surface area (Å²) < 4.78 is 38.1. The summed E-state index contributed by atoms with van der Waals surface area (Å²) in [5.41, 5.74) is 4.97. The van der Waals surface area contributed by atoms with Gasteiger partial charge in [-0.2, -0.15) is 0 Å². The van der Waals surface area contributed by atoms with E-state index in [2.05, 4.69) is 15.6 Å². The number of hydrogen-bond donors (Lipinski definition) is 3. The van der Waals surface area contributed by atoms with E-state index in [1.165, 1.54) is 56.7 Å². The van der Waals surface area contributed by atoms with Crippen molar-refractivity contribution in [3.8, 4) is 11.5 Å². The number of carbonyl (C=O) groups excluding carboxylic acids is 2. The number of hydrazine groups is 1. The number of amides is 2. The van der Waals surface area contributed by atoms with E-state index in [4.69, 9.17) is 21.1 Å². The maximum absolute atomic E-state index is 12.7. The molecule has 0 aromatic heterocycles. The van der Waals surface area contributed by atoms with Crippen LogP contribution in [0.2, 0.25) is 5.02 Å². The molecule has 0 bridgehead atoms. The molecule has 2 amide bonds. The summed E-state index contributed by atoms with van der Waals surface area (Å²) in [6.07, 6.45) is 0. The summed E-state index contributed by atoms with van der Waals surface area (Å²) in [5.74, 6) is -0.519. The second-order valence-electron chi connectivity index (χ2n) is 6.59. The van der Waals surface area contributed by atoms with Crippen molar-refractivity contribution < 1.29 is 27.5 Å². The Balaban J connectivity index is 1.71. The largest absolute Gasteiger partial charge is 0.493 e. The van der Waals surface area contributed by atoms with Gasteiger partial charge in [0.05, 0.1) is 29.8 Å². The zero-order chi connectivity index (χ0) is 24.0. The topological polar surface area (TPSA) is 123 Å². The van der Waals surface area contributed by atoms with E-state index in [-0.39, 0.29) is 26.7 Å². The first-order valence-electron chi connectivity index (χ1n) is 9.45. The van der Waals surface area contributed by atoms with E-state index in [9.17, 15) is 18.0 Å². The van der Waals surface area contributed by atoms with E-state index in [1.54, 1.807) is 24.3 Å². The molecule has 3 aromatic carbocycles. The van der Waals surface area contributed by atoms with Gasteiger partial charge in [-0.15, -0.1) is 0 Å². The van der Waals surface area contributed by atoms with Crippen LogP contribution in [0.25, 0.3) is 0 Å². The van der Waals surface area contributed by atoms with Crippen LogP contribution in [0.15, 0.2) is 71.6 Å². The molecule has 0 aliphatic rings. The summed E-state index contributed by atoms with van der Waals surface area (Å²) in [4.78, 5) is 24.7. The van der Waals surface area contributed by atoms with Crippen molar-refractivity contribution in [2.75, 3.05) is 18.9 Å². The highest BCUT2D eigenvalue weighted by atomic mass is 35.5. The molecule has 0 spiro atoms. The standard InChI is InChI=1S/C22H20ClN3O6S/c1-31-19-11-10-15(13-20(19)32-2)22(28)25-24-21(27)14-6-5-7-16(12-14)33(29,30)26-18-9-4-3-8-17(18)23/h3-13,26H,1-2H3,(H,24,27)(H,25,28). The first kappa shape index (κ1) is 23.9. The summed E-state index contributed by atoms with van der Waals surface area (Å²) in [6, 6.07) is 16.2. The second kappa shape index (κ2) is 10.2. The van der Waals surface area contributed by atoms with Crippen molar-refractivity contribution >= 4 is 39.1 Å². The number of rotatable bonds is 7. The van der Waals surface area contributed by atoms with Gasteiger partial charge in [0.25, 0.3) is 21.8 Å². The molecular formula is C22H20ClN3O6S. The molecule has 0 heterocycles. The Bertz CT molecular complexity index is 1300. The lowest BCUT2D eigenvalue weighted by molar-refractivity contribution is 0.0846. The molecule has 172 valence electrons. The predicted octanol–water partition coefficient (Wildman–Crippen LogP) is 3.23. The van der Waals surface area contributed by atoms with Crippen LogP contribution in [0.4, 0.5) is 5.69 Å². The normalized spacial score (nSPS) is 10.8. The number of hydrogen-bond acceptors (Lipinski definition) is 6. The summed E-state index contributed by atoms with van der Waals surface area (Å²) in [6.45, 7) is 0. The van der Waals surface area contributed by atoms with E-state index in [0.717, 1.165) is 0 Å². The highest BCUT2D eigenvalue weighted by molar-refractivity contribution is 7.92. The molecule has 3 N–H and O–H groups in total. The smallest absolute Gasteiger partial charge is 0.269 e. The fraction of sp³-hybridized carbons (Fsp3) is 0.0909. The third-order valence-corrected chi connectivity index (χ3v) is 6.15. The molecule has 0 saturated carbocycles. The highest BCUT2D eigenvalue weighted by Crippen LogP contribution is 2.27. The lowest BCUT2D eigenvalue weighted by Crippen LogP contribution is -2.41. The number of halogens is 1. The Kier molecular flexibility index (Phi) is 7.41. The van der Waals surface area contributed by atoms with Crippen LogP contribution in [-0.2, 0) is 10.0 Å². The van der Waals surface area contributed by atoms with Crippen LogP contribution in [0.3, 0.4) is 0 Å². The molecule has 3 aromatic rings. The van der Waals surface area contributed by atoms with Gasteiger partial charge >= 0.3 is 0 Å². The van der Waals surface area contributed by atoms with E-state index < -0.39 is 21.8 Å². The summed E-state index contributed by atoms with van der Waals surface area (Å²) >= 11 is 6.01. The average Bonchev–Trinajstić information content (AvgIpc) is 2.83.